The molecule has 1 aromatic heterocycles. The monoisotopic (exact) mass is 409 g/mol. The molecule has 3 amide bonds. The first kappa shape index (κ1) is 20.7. The van der Waals surface area contributed by atoms with Gasteiger partial charge in [0, 0.05) is 9.90 Å². The van der Waals surface area contributed by atoms with Crippen molar-refractivity contribution >= 4 is 40.8 Å². The van der Waals surface area contributed by atoms with Gasteiger partial charge in [-0.05, 0) is 36.1 Å². The fraction of sp³-hybridized carbons (Fsp3) is 0.278. The van der Waals surface area contributed by atoms with Gasteiger partial charge in [0.25, 0.3) is 5.91 Å². The van der Waals surface area contributed by atoms with Crippen LogP contribution in [0.2, 0.25) is 5.02 Å². The lowest BCUT2D eigenvalue weighted by Crippen LogP contribution is -2.35. The van der Waals surface area contributed by atoms with Crippen molar-refractivity contribution in [1.29, 1.82) is 0 Å². The quantitative estimate of drug-likeness (QED) is 0.582. The molecule has 0 bridgehead atoms. The van der Waals surface area contributed by atoms with Crippen molar-refractivity contribution in [2.75, 3.05) is 6.61 Å². The Morgan fingerprint density at radius 1 is 1.19 bits per heavy atom. The van der Waals surface area contributed by atoms with Crippen molar-refractivity contribution in [3.63, 3.8) is 0 Å². The predicted molar refractivity (Wildman–Crippen MR) is 103 cm³/mol. The number of benzene rings is 1. The lowest BCUT2D eigenvalue weighted by molar-refractivity contribution is -0.149. The van der Waals surface area contributed by atoms with Gasteiger partial charge in [0.1, 0.15) is 0 Å². The minimum absolute atomic E-state index is 0.168. The molecule has 0 aliphatic carbocycles. The van der Waals surface area contributed by atoms with E-state index in [9.17, 15) is 14.4 Å². The van der Waals surface area contributed by atoms with Crippen molar-refractivity contribution in [2.24, 2.45) is 5.73 Å². The number of carbonyl (C=O) groups is 3. The Bertz CT molecular complexity index is 780. The van der Waals surface area contributed by atoms with Crippen LogP contribution in [0.4, 0.5) is 4.79 Å². The van der Waals surface area contributed by atoms with Crippen LogP contribution >= 0.6 is 22.9 Å². The molecule has 0 saturated carbocycles. The summed E-state index contributed by atoms with van der Waals surface area (Å²) in [5.74, 6) is -1.04. The predicted octanol–water partition coefficient (Wildman–Crippen LogP) is 2.92. The highest BCUT2D eigenvalue weighted by Crippen LogP contribution is 2.20. The number of amides is 3. The van der Waals surface area contributed by atoms with Gasteiger partial charge in [-0.25, -0.2) is 4.79 Å². The number of nitrogens with two attached hydrogens (primary N) is 1. The summed E-state index contributed by atoms with van der Waals surface area (Å²) in [6.45, 7) is 1.44. The Hall–Kier alpha value is -2.58. The third kappa shape index (κ3) is 6.92. The largest absolute Gasteiger partial charge is 0.456 e. The maximum atomic E-state index is 12.1. The number of halogens is 1. The fourth-order valence-corrected chi connectivity index (χ4v) is 3.24. The first-order valence-electron chi connectivity index (χ1n) is 8.15. The molecule has 9 heteroatoms. The molecule has 1 heterocycles. The lowest BCUT2D eigenvalue weighted by atomic mass is 10.0. The molecule has 27 heavy (non-hydrogen) atoms. The van der Waals surface area contributed by atoms with E-state index in [0.717, 1.165) is 4.88 Å². The number of carbonyl (C=O) groups excluding carboxylic acids is 3. The van der Waals surface area contributed by atoms with Gasteiger partial charge in [-0.15, -0.1) is 11.3 Å². The molecule has 0 saturated heterocycles. The second kappa shape index (κ2) is 9.94. The Morgan fingerprint density at radius 3 is 2.48 bits per heavy atom. The molecule has 2 atom stereocenters. The van der Waals surface area contributed by atoms with E-state index >= 15 is 0 Å². The van der Waals surface area contributed by atoms with Crippen LogP contribution in [0.15, 0.2) is 41.8 Å². The molecule has 2 rings (SSSR count). The first-order chi connectivity index (χ1) is 12.8. The molecule has 0 spiro atoms. The number of hydrogen-bond donors (Lipinski definition) is 3. The summed E-state index contributed by atoms with van der Waals surface area (Å²) < 4.78 is 5.01. The molecule has 2 aromatic rings. The maximum Gasteiger partial charge on any atom is 0.312 e. The van der Waals surface area contributed by atoms with Gasteiger partial charge in [0.05, 0.1) is 18.5 Å². The van der Waals surface area contributed by atoms with E-state index in [2.05, 4.69) is 10.6 Å². The number of ether oxygens (including phenoxy) is 1. The number of nitrogens with one attached hydrogen (secondary N) is 2. The van der Waals surface area contributed by atoms with Crippen molar-refractivity contribution in [3.8, 4) is 0 Å². The van der Waals surface area contributed by atoms with Crippen LogP contribution in [-0.4, -0.2) is 24.5 Å². The van der Waals surface area contributed by atoms with Crippen LogP contribution < -0.4 is 16.4 Å². The first-order valence-corrected chi connectivity index (χ1v) is 9.40. The Balaban J connectivity index is 1.86. The molecule has 0 aliphatic heterocycles. The summed E-state index contributed by atoms with van der Waals surface area (Å²) in [5, 5.41) is 7.67. The third-order valence-electron chi connectivity index (χ3n) is 3.67. The zero-order valence-corrected chi connectivity index (χ0v) is 16.2. The highest BCUT2D eigenvalue weighted by molar-refractivity contribution is 7.10. The van der Waals surface area contributed by atoms with Crippen LogP contribution in [0.5, 0.6) is 0 Å². The van der Waals surface area contributed by atoms with Gasteiger partial charge in [-0.3, -0.25) is 9.59 Å². The van der Waals surface area contributed by atoms with E-state index in [1.807, 2.05) is 24.4 Å². The van der Waals surface area contributed by atoms with E-state index in [0.29, 0.717) is 10.6 Å². The van der Waals surface area contributed by atoms with Crippen molar-refractivity contribution < 1.29 is 19.1 Å². The SMILES string of the molecule is C[C@H](NC(=O)COC(=O)C[C@H](NC(N)=O)c1ccc(Cl)cc1)c1cccs1. The molecular formula is C18H20ClN3O4S. The smallest absolute Gasteiger partial charge is 0.312 e. The number of thiophene rings is 1. The van der Waals surface area contributed by atoms with E-state index < -0.39 is 30.6 Å². The minimum Gasteiger partial charge on any atom is -0.456 e. The second-order valence-corrected chi connectivity index (χ2v) is 7.20. The topological polar surface area (TPSA) is 111 Å². The average molecular weight is 410 g/mol. The molecule has 0 fully saturated rings. The summed E-state index contributed by atoms with van der Waals surface area (Å²) in [6, 6.07) is 8.80. The molecule has 144 valence electrons. The molecular weight excluding hydrogens is 390 g/mol. The van der Waals surface area contributed by atoms with Crippen LogP contribution in [-0.2, 0) is 14.3 Å². The zero-order chi connectivity index (χ0) is 19.8. The Morgan fingerprint density at radius 2 is 1.89 bits per heavy atom. The fourth-order valence-electron chi connectivity index (χ4n) is 2.38. The van der Waals surface area contributed by atoms with Crippen molar-refractivity contribution in [3.05, 3.63) is 57.2 Å². The van der Waals surface area contributed by atoms with Crippen LogP contribution in [0, 0.1) is 0 Å². The van der Waals surface area contributed by atoms with Gasteiger partial charge < -0.3 is 21.1 Å². The van der Waals surface area contributed by atoms with E-state index in [4.69, 9.17) is 22.1 Å². The minimum atomic E-state index is -0.773. The number of rotatable bonds is 8. The normalized spacial score (nSPS) is 12.7. The number of primary amides is 1. The Kier molecular flexibility index (Phi) is 7.63. The average Bonchev–Trinajstić information content (AvgIpc) is 3.14. The molecule has 1 aromatic carbocycles. The molecule has 0 unspecified atom stereocenters. The lowest BCUT2D eigenvalue weighted by Gasteiger charge is -2.18. The van der Waals surface area contributed by atoms with Crippen LogP contribution in [0.25, 0.3) is 0 Å². The molecule has 7 nitrogen and oxygen atoms in total. The number of urea groups is 1. The summed E-state index contributed by atoms with van der Waals surface area (Å²) in [5.41, 5.74) is 5.81. The van der Waals surface area contributed by atoms with E-state index in [1.54, 1.807) is 24.3 Å². The Labute approximate surface area is 165 Å². The van der Waals surface area contributed by atoms with Gasteiger partial charge in [-0.1, -0.05) is 29.8 Å². The van der Waals surface area contributed by atoms with Crippen molar-refractivity contribution in [2.45, 2.75) is 25.4 Å². The van der Waals surface area contributed by atoms with Crippen molar-refractivity contribution in [1.82, 2.24) is 10.6 Å². The van der Waals surface area contributed by atoms with Crippen LogP contribution in [0.3, 0.4) is 0 Å². The highest BCUT2D eigenvalue weighted by Gasteiger charge is 2.20. The zero-order valence-electron chi connectivity index (χ0n) is 14.6. The number of esters is 1. The van der Waals surface area contributed by atoms with Gasteiger partial charge in [0.15, 0.2) is 6.61 Å². The summed E-state index contributed by atoms with van der Waals surface area (Å²) in [6.07, 6.45) is -0.168. The number of hydrogen-bond acceptors (Lipinski definition) is 5. The summed E-state index contributed by atoms with van der Waals surface area (Å²) in [7, 11) is 0. The molecule has 0 radical (unpaired) electrons. The van der Waals surface area contributed by atoms with Gasteiger partial charge in [0.2, 0.25) is 0 Å². The van der Waals surface area contributed by atoms with Crippen LogP contribution in [0.1, 0.15) is 35.9 Å². The molecule has 4 N–H and O–H groups in total. The van der Waals surface area contributed by atoms with E-state index in [-0.39, 0.29) is 12.5 Å². The third-order valence-corrected chi connectivity index (χ3v) is 4.98. The highest BCUT2D eigenvalue weighted by atomic mass is 35.5. The second-order valence-electron chi connectivity index (χ2n) is 5.78. The summed E-state index contributed by atoms with van der Waals surface area (Å²) in [4.78, 5) is 36.2. The summed E-state index contributed by atoms with van der Waals surface area (Å²) >= 11 is 7.37. The van der Waals surface area contributed by atoms with Gasteiger partial charge >= 0.3 is 12.0 Å². The van der Waals surface area contributed by atoms with E-state index in [1.165, 1.54) is 11.3 Å². The molecule has 0 aliphatic rings. The maximum absolute atomic E-state index is 12.1. The standard InChI is InChI=1S/C18H20ClN3O4S/c1-11(15-3-2-8-27-15)21-16(23)10-26-17(24)9-14(22-18(20)25)12-4-6-13(19)7-5-12/h2-8,11,14H,9-10H2,1H3,(H,21,23)(H3,20,22,25)/t11-,14-/m0/s1. The van der Waals surface area contributed by atoms with Gasteiger partial charge in [-0.2, -0.15) is 0 Å².